The highest BCUT2D eigenvalue weighted by atomic mass is 16.5. The van der Waals surface area contributed by atoms with Gasteiger partial charge in [0.15, 0.2) is 5.76 Å². The first kappa shape index (κ1) is 19.7. The first-order valence-electron chi connectivity index (χ1n) is 9.73. The quantitative estimate of drug-likeness (QED) is 0.618. The van der Waals surface area contributed by atoms with Gasteiger partial charge in [0.05, 0.1) is 31.4 Å². The second kappa shape index (κ2) is 9.27. The van der Waals surface area contributed by atoms with Crippen molar-refractivity contribution in [3.8, 4) is 0 Å². The van der Waals surface area contributed by atoms with Gasteiger partial charge < -0.3 is 24.7 Å². The molecule has 30 heavy (non-hydrogen) atoms. The molecule has 0 spiro atoms. The molecule has 3 aromatic rings. The van der Waals surface area contributed by atoms with Gasteiger partial charge in [-0.25, -0.2) is 0 Å². The molecule has 2 aromatic heterocycles. The van der Waals surface area contributed by atoms with Crippen LogP contribution in [0.25, 0.3) is 0 Å². The number of amides is 2. The first-order chi connectivity index (χ1) is 14.7. The third-order valence-electron chi connectivity index (χ3n) is 4.74. The summed E-state index contributed by atoms with van der Waals surface area (Å²) in [6, 6.07) is 11.4. The lowest BCUT2D eigenvalue weighted by Crippen LogP contribution is -2.36. The predicted octanol–water partition coefficient (Wildman–Crippen LogP) is 1.88. The molecule has 0 saturated carbocycles. The number of nitrogens with one attached hydrogen (secondary N) is 2. The Hall–Kier alpha value is -3.59. The summed E-state index contributed by atoms with van der Waals surface area (Å²) >= 11 is 0. The van der Waals surface area contributed by atoms with E-state index in [-0.39, 0.29) is 24.1 Å². The van der Waals surface area contributed by atoms with Crippen LogP contribution in [0.15, 0.2) is 59.5 Å². The third kappa shape index (κ3) is 5.06. The Balaban J connectivity index is 1.24. The fraction of sp³-hybridized carbons (Fsp3) is 0.286. The van der Waals surface area contributed by atoms with Crippen molar-refractivity contribution in [2.45, 2.75) is 13.1 Å². The Kier molecular flexibility index (Phi) is 6.09. The number of hydrogen-bond acceptors (Lipinski definition) is 6. The molecule has 1 saturated heterocycles. The number of rotatable bonds is 7. The minimum Gasteiger partial charge on any atom is -0.459 e. The van der Waals surface area contributed by atoms with Crippen LogP contribution in [0.3, 0.4) is 0 Å². The molecule has 2 N–H and O–H groups in total. The van der Waals surface area contributed by atoms with E-state index in [4.69, 9.17) is 9.15 Å². The Labute approximate surface area is 173 Å². The number of carbonyl (C=O) groups excluding carboxylic acids is 2. The van der Waals surface area contributed by atoms with Gasteiger partial charge in [0.25, 0.3) is 5.91 Å². The summed E-state index contributed by atoms with van der Waals surface area (Å²) in [5.74, 6) is -0.330. The van der Waals surface area contributed by atoms with E-state index in [0.29, 0.717) is 12.2 Å². The summed E-state index contributed by atoms with van der Waals surface area (Å²) in [5.41, 5.74) is 2.67. The maximum Gasteiger partial charge on any atom is 0.291 e. The van der Waals surface area contributed by atoms with Crippen LogP contribution in [0.2, 0.25) is 0 Å². The Morgan fingerprint density at radius 2 is 1.90 bits per heavy atom. The van der Waals surface area contributed by atoms with Crippen LogP contribution < -0.4 is 15.5 Å². The van der Waals surface area contributed by atoms with Gasteiger partial charge in [0, 0.05) is 31.5 Å². The average molecular weight is 409 g/mol. The largest absolute Gasteiger partial charge is 0.459 e. The second-order valence-electron chi connectivity index (χ2n) is 6.90. The number of anilines is 2. The number of hydrogen-bond donors (Lipinski definition) is 2. The molecular weight excluding hydrogens is 386 g/mol. The number of nitrogens with zero attached hydrogens (tertiary/aromatic N) is 3. The predicted molar refractivity (Wildman–Crippen MR) is 110 cm³/mol. The molecule has 9 nitrogen and oxygen atoms in total. The van der Waals surface area contributed by atoms with Crippen molar-refractivity contribution in [3.63, 3.8) is 0 Å². The normalized spacial score (nSPS) is 13.8. The van der Waals surface area contributed by atoms with E-state index in [9.17, 15) is 9.59 Å². The van der Waals surface area contributed by atoms with E-state index in [0.717, 1.165) is 37.6 Å². The number of carbonyl (C=O) groups is 2. The van der Waals surface area contributed by atoms with Crippen LogP contribution in [-0.4, -0.2) is 47.9 Å². The molecule has 156 valence electrons. The van der Waals surface area contributed by atoms with Crippen molar-refractivity contribution in [1.29, 1.82) is 0 Å². The lowest BCUT2D eigenvalue weighted by Gasteiger charge is -2.28. The highest BCUT2D eigenvalue weighted by molar-refractivity contribution is 6.02. The topological polar surface area (TPSA) is 102 Å². The first-order valence-corrected chi connectivity index (χ1v) is 9.73. The lowest BCUT2D eigenvalue weighted by molar-refractivity contribution is -0.122. The monoisotopic (exact) mass is 409 g/mol. The van der Waals surface area contributed by atoms with Crippen molar-refractivity contribution in [2.24, 2.45) is 0 Å². The number of morpholine rings is 1. The van der Waals surface area contributed by atoms with Crippen LogP contribution in [0.4, 0.5) is 11.4 Å². The zero-order valence-corrected chi connectivity index (χ0v) is 16.4. The summed E-state index contributed by atoms with van der Waals surface area (Å²) in [7, 11) is 0. The van der Waals surface area contributed by atoms with Crippen LogP contribution in [0.5, 0.6) is 0 Å². The summed E-state index contributed by atoms with van der Waals surface area (Å²) in [6.07, 6.45) is 4.51. The molecule has 0 radical (unpaired) electrons. The highest BCUT2D eigenvalue weighted by Gasteiger charge is 2.12. The molecule has 0 aliphatic carbocycles. The molecule has 9 heteroatoms. The standard InChI is InChI=1S/C21H23N5O4/c27-20(15-26-14-17(13-23-26)24-21(28)19-2-1-9-30-19)22-12-16-3-5-18(6-4-16)25-7-10-29-11-8-25/h1-6,9,13-14H,7-8,10-12,15H2,(H,22,27)(H,24,28). The van der Waals surface area contributed by atoms with Gasteiger partial charge >= 0.3 is 0 Å². The molecule has 0 unspecified atom stereocenters. The molecule has 1 fully saturated rings. The maximum absolute atomic E-state index is 12.2. The Morgan fingerprint density at radius 3 is 2.63 bits per heavy atom. The number of benzene rings is 1. The molecule has 3 heterocycles. The van der Waals surface area contributed by atoms with Gasteiger partial charge in [-0.05, 0) is 29.8 Å². The zero-order valence-electron chi connectivity index (χ0n) is 16.4. The maximum atomic E-state index is 12.2. The second-order valence-corrected chi connectivity index (χ2v) is 6.90. The zero-order chi connectivity index (χ0) is 20.8. The van der Waals surface area contributed by atoms with E-state index >= 15 is 0 Å². The fourth-order valence-corrected chi connectivity index (χ4v) is 3.16. The molecule has 0 atom stereocenters. The third-order valence-corrected chi connectivity index (χ3v) is 4.74. The highest BCUT2D eigenvalue weighted by Crippen LogP contribution is 2.16. The molecule has 4 rings (SSSR count). The van der Waals surface area contributed by atoms with Gasteiger partial charge in [0.1, 0.15) is 6.54 Å². The van der Waals surface area contributed by atoms with Crippen molar-refractivity contribution < 1.29 is 18.7 Å². The minimum absolute atomic E-state index is 0.0580. The van der Waals surface area contributed by atoms with Crippen molar-refractivity contribution >= 4 is 23.2 Å². The van der Waals surface area contributed by atoms with Gasteiger partial charge in [-0.1, -0.05) is 12.1 Å². The smallest absolute Gasteiger partial charge is 0.291 e. The van der Waals surface area contributed by atoms with Crippen LogP contribution >= 0.6 is 0 Å². The lowest BCUT2D eigenvalue weighted by atomic mass is 10.2. The van der Waals surface area contributed by atoms with Crippen LogP contribution in [-0.2, 0) is 22.6 Å². The average Bonchev–Trinajstić information content (AvgIpc) is 3.46. The van der Waals surface area contributed by atoms with Crippen molar-refractivity contribution in [2.75, 3.05) is 36.5 Å². The van der Waals surface area contributed by atoms with E-state index in [1.54, 1.807) is 18.3 Å². The SMILES string of the molecule is O=C(Cn1cc(NC(=O)c2ccco2)cn1)NCc1ccc(N2CCOCC2)cc1. The number of aromatic nitrogens is 2. The van der Waals surface area contributed by atoms with E-state index in [1.807, 2.05) is 12.1 Å². The van der Waals surface area contributed by atoms with Crippen LogP contribution in [0.1, 0.15) is 16.1 Å². The summed E-state index contributed by atoms with van der Waals surface area (Å²) in [4.78, 5) is 26.5. The Bertz CT molecular complexity index is 975. The molecule has 1 aromatic carbocycles. The molecule has 1 aliphatic heterocycles. The summed E-state index contributed by atoms with van der Waals surface area (Å²) in [5, 5.41) is 9.66. The molecular formula is C21H23N5O4. The van der Waals surface area contributed by atoms with Gasteiger partial charge in [0.2, 0.25) is 5.91 Å². The Morgan fingerprint density at radius 1 is 1.10 bits per heavy atom. The number of ether oxygens (including phenoxy) is 1. The van der Waals surface area contributed by atoms with Gasteiger partial charge in [-0.15, -0.1) is 0 Å². The molecule has 0 bridgehead atoms. The summed E-state index contributed by atoms with van der Waals surface area (Å²) in [6.45, 7) is 3.78. The number of furan rings is 1. The van der Waals surface area contributed by atoms with Crippen molar-refractivity contribution in [3.05, 3.63) is 66.4 Å². The van der Waals surface area contributed by atoms with Gasteiger partial charge in [-0.3, -0.25) is 14.3 Å². The summed E-state index contributed by atoms with van der Waals surface area (Å²) < 4.78 is 11.9. The molecule has 2 amide bonds. The minimum atomic E-state index is -0.371. The molecule has 1 aliphatic rings. The van der Waals surface area contributed by atoms with Crippen molar-refractivity contribution in [1.82, 2.24) is 15.1 Å². The van der Waals surface area contributed by atoms with E-state index in [2.05, 4.69) is 32.8 Å². The van der Waals surface area contributed by atoms with Gasteiger partial charge in [-0.2, -0.15) is 5.10 Å². The van der Waals surface area contributed by atoms with E-state index in [1.165, 1.54) is 17.1 Å². The van der Waals surface area contributed by atoms with Crippen LogP contribution in [0, 0.1) is 0 Å². The van der Waals surface area contributed by atoms with E-state index < -0.39 is 0 Å². The fourth-order valence-electron chi connectivity index (χ4n) is 3.16.